The molecule has 0 spiro atoms. The summed E-state index contributed by atoms with van der Waals surface area (Å²) in [5.41, 5.74) is 2.68. The van der Waals surface area contributed by atoms with Crippen molar-refractivity contribution in [1.82, 2.24) is 25.0 Å². The second-order valence-electron chi connectivity index (χ2n) is 4.38. The van der Waals surface area contributed by atoms with E-state index in [0.29, 0.717) is 10.8 Å². The molecule has 0 saturated heterocycles. The van der Waals surface area contributed by atoms with Crippen LogP contribution in [-0.4, -0.2) is 25.0 Å². The zero-order chi connectivity index (χ0) is 13.5. The van der Waals surface area contributed by atoms with Crippen molar-refractivity contribution in [2.24, 2.45) is 0 Å². The van der Waals surface area contributed by atoms with Gasteiger partial charge >= 0.3 is 0 Å². The van der Waals surface area contributed by atoms with Gasteiger partial charge in [0.2, 0.25) is 0 Å². The molecule has 0 radical (unpaired) electrons. The number of rotatable bonds is 1. The summed E-state index contributed by atoms with van der Waals surface area (Å²) >= 11 is 6.07. The number of halogens is 1. The Balaban J connectivity index is 2.16. The minimum Gasteiger partial charge on any atom is -0.209 e. The van der Waals surface area contributed by atoms with Crippen molar-refractivity contribution < 1.29 is 0 Å². The minimum atomic E-state index is 0.471. The van der Waals surface area contributed by atoms with Crippen LogP contribution in [0, 0.1) is 0 Å². The molecule has 0 bridgehead atoms. The molecule has 2 aromatic carbocycles. The molecule has 5 nitrogen and oxygen atoms in total. The lowest BCUT2D eigenvalue weighted by atomic mass is 10.1. The van der Waals surface area contributed by atoms with Gasteiger partial charge in [0.25, 0.3) is 5.78 Å². The highest BCUT2D eigenvalue weighted by Crippen LogP contribution is 2.28. The molecule has 96 valence electrons. The number of tetrazole rings is 1. The Morgan fingerprint density at radius 1 is 1.00 bits per heavy atom. The van der Waals surface area contributed by atoms with Crippen molar-refractivity contribution in [3.05, 3.63) is 53.6 Å². The molecule has 0 fully saturated rings. The molecule has 2 heterocycles. The molecule has 0 saturated carbocycles. The first kappa shape index (κ1) is 11.3. The standard InChI is InChI=1S/C14H8ClN5/c15-10-5-3-4-9(8-10)13-11-6-1-2-7-12(11)20-14(16-13)17-18-19-20/h1-8H. The second-order valence-corrected chi connectivity index (χ2v) is 4.82. The molecule has 0 atom stereocenters. The third kappa shape index (κ3) is 1.64. The van der Waals surface area contributed by atoms with E-state index in [1.54, 1.807) is 4.52 Å². The molecule has 4 rings (SSSR count). The number of fused-ring (bicyclic) bond motifs is 3. The average Bonchev–Trinajstić information content (AvgIpc) is 2.95. The summed E-state index contributed by atoms with van der Waals surface area (Å²) in [4.78, 5) is 4.54. The van der Waals surface area contributed by atoms with Gasteiger partial charge in [-0.1, -0.05) is 47.0 Å². The van der Waals surface area contributed by atoms with E-state index in [4.69, 9.17) is 11.6 Å². The lowest BCUT2D eigenvalue weighted by Gasteiger charge is -2.07. The summed E-state index contributed by atoms with van der Waals surface area (Å²) in [5, 5.41) is 13.2. The Hall–Kier alpha value is -2.53. The third-order valence-electron chi connectivity index (χ3n) is 3.15. The summed E-state index contributed by atoms with van der Waals surface area (Å²) in [5.74, 6) is 0.471. The maximum atomic E-state index is 6.07. The van der Waals surface area contributed by atoms with Crippen molar-refractivity contribution in [2.45, 2.75) is 0 Å². The first-order valence-corrected chi connectivity index (χ1v) is 6.43. The van der Waals surface area contributed by atoms with Gasteiger partial charge in [0.05, 0.1) is 11.2 Å². The zero-order valence-corrected chi connectivity index (χ0v) is 11.0. The van der Waals surface area contributed by atoms with Crippen LogP contribution in [0.25, 0.3) is 27.9 Å². The fraction of sp³-hybridized carbons (Fsp3) is 0. The first-order chi connectivity index (χ1) is 9.83. The number of benzene rings is 2. The summed E-state index contributed by atoms with van der Waals surface area (Å²) in [6, 6.07) is 15.5. The molecule has 0 N–H and O–H groups in total. The summed E-state index contributed by atoms with van der Waals surface area (Å²) in [6.07, 6.45) is 0. The van der Waals surface area contributed by atoms with E-state index in [2.05, 4.69) is 20.5 Å². The van der Waals surface area contributed by atoms with Crippen molar-refractivity contribution in [3.63, 3.8) is 0 Å². The van der Waals surface area contributed by atoms with Crippen LogP contribution >= 0.6 is 11.6 Å². The zero-order valence-electron chi connectivity index (χ0n) is 10.2. The van der Waals surface area contributed by atoms with Crippen molar-refractivity contribution in [3.8, 4) is 11.3 Å². The van der Waals surface area contributed by atoms with E-state index in [-0.39, 0.29) is 0 Å². The van der Waals surface area contributed by atoms with Crippen LogP contribution in [0.2, 0.25) is 5.02 Å². The van der Waals surface area contributed by atoms with Gasteiger partial charge in [-0.25, -0.2) is 4.98 Å². The van der Waals surface area contributed by atoms with Gasteiger partial charge in [0, 0.05) is 16.0 Å². The van der Waals surface area contributed by atoms with Gasteiger partial charge in [0.15, 0.2) is 0 Å². The molecule has 0 aliphatic heterocycles. The van der Waals surface area contributed by atoms with E-state index in [9.17, 15) is 0 Å². The highest BCUT2D eigenvalue weighted by Gasteiger charge is 2.11. The Labute approximate surface area is 118 Å². The SMILES string of the molecule is Clc1cccc(-c2nc3nnnn3c3ccccc23)c1. The van der Waals surface area contributed by atoms with Gasteiger partial charge in [-0.05, 0) is 28.6 Å². The number of nitrogens with zero attached hydrogens (tertiary/aromatic N) is 5. The van der Waals surface area contributed by atoms with Crippen molar-refractivity contribution in [1.29, 1.82) is 0 Å². The number of hydrogen-bond acceptors (Lipinski definition) is 4. The van der Waals surface area contributed by atoms with Crippen molar-refractivity contribution in [2.75, 3.05) is 0 Å². The fourth-order valence-electron chi connectivity index (χ4n) is 2.28. The maximum absolute atomic E-state index is 6.07. The Morgan fingerprint density at radius 2 is 1.90 bits per heavy atom. The van der Waals surface area contributed by atoms with Gasteiger partial charge < -0.3 is 0 Å². The quantitative estimate of drug-likeness (QED) is 0.538. The minimum absolute atomic E-state index is 0.471. The second kappa shape index (κ2) is 4.25. The molecule has 0 unspecified atom stereocenters. The Morgan fingerprint density at radius 3 is 2.80 bits per heavy atom. The largest absolute Gasteiger partial charge is 0.274 e. The molecular weight excluding hydrogens is 274 g/mol. The van der Waals surface area contributed by atoms with Gasteiger partial charge in [0.1, 0.15) is 0 Å². The highest BCUT2D eigenvalue weighted by atomic mass is 35.5. The molecule has 2 aromatic heterocycles. The summed E-state index contributed by atoms with van der Waals surface area (Å²) in [7, 11) is 0. The molecule has 6 heteroatoms. The average molecular weight is 282 g/mol. The fourth-order valence-corrected chi connectivity index (χ4v) is 2.47. The lowest BCUT2D eigenvalue weighted by Crippen LogP contribution is -1.97. The first-order valence-electron chi connectivity index (χ1n) is 6.06. The molecule has 4 aromatic rings. The summed E-state index contributed by atoms with van der Waals surface area (Å²) in [6.45, 7) is 0. The monoisotopic (exact) mass is 281 g/mol. The van der Waals surface area contributed by atoms with Gasteiger partial charge in [-0.2, -0.15) is 4.52 Å². The van der Waals surface area contributed by atoms with Crippen LogP contribution in [0.5, 0.6) is 0 Å². The highest BCUT2D eigenvalue weighted by molar-refractivity contribution is 6.30. The van der Waals surface area contributed by atoms with Crippen LogP contribution < -0.4 is 0 Å². The summed E-state index contributed by atoms with van der Waals surface area (Å²) < 4.78 is 1.63. The molecule has 0 aliphatic rings. The molecular formula is C14H8ClN5. The number of para-hydroxylation sites is 1. The van der Waals surface area contributed by atoms with Crippen LogP contribution in [0.3, 0.4) is 0 Å². The van der Waals surface area contributed by atoms with Crippen LogP contribution in [0.15, 0.2) is 48.5 Å². The molecule has 0 aliphatic carbocycles. The van der Waals surface area contributed by atoms with E-state index >= 15 is 0 Å². The number of aromatic nitrogens is 5. The van der Waals surface area contributed by atoms with Crippen molar-refractivity contribution >= 4 is 28.3 Å². The third-order valence-corrected chi connectivity index (χ3v) is 3.39. The molecule has 20 heavy (non-hydrogen) atoms. The normalized spacial score (nSPS) is 11.2. The Kier molecular flexibility index (Phi) is 2.40. The van der Waals surface area contributed by atoms with Gasteiger partial charge in [-0.15, -0.1) is 0 Å². The maximum Gasteiger partial charge on any atom is 0.274 e. The Bertz CT molecular complexity index is 931. The predicted octanol–water partition coefficient (Wildman–Crippen LogP) is 2.99. The van der Waals surface area contributed by atoms with E-state index in [0.717, 1.165) is 22.2 Å². The predicted molar refractivity (Wildman–Crippen MR) is 76.5 cm³/mol. The lowest BCUT2D eigenvalue weighted by molar-refractivity contribution is 0.840. The van der Waals surface area contributed by atoms with Crippen LogP contribution in [-0.2, 0) is 0 Å². The molecule has 0 amide bonds. The van der Waals surface area contributed by atoms with E-state index in [1.807, 2.05) is 48.5 Å². The van der Waals surface area contributed by atoms with Crippen LogP contribution in [0.4, 0.5) is 0 Å². The van der Waals surface area contributed by atoms with E-state index in [1.165, 1.54) is 0 Å². The number of hydrogen-bond donors (Lipinski definition) is 0. The van der Waals surface area contributed by atoms with Gasteiger partial charge in [-0.3, -0.25) is 0 Å². The smallest absolute Gasteiger partial charge is 0.209 e. The van der Waals surface area contributed by atoms with E-state index < -0.39 is 0 Å². The van der Waals surface area contributed by atoms with Crippen LogP contribution in [0.1, 0.15) is 0 Å². The topological polar surface area (TPSA) is 56.0 Å².